The molecule has 13 heteroatoms. The molecule has 0 aliphatic carbocycles. The summed E-state index contributed by atoms with van der Waals surface area (Å²) >= 11 is 0. The average Bonchev–Trinajstić information content (AvgIpc) is 3.59. The number of aromatic nitrogens is 2. The maximum atomic E-state index is 14.9. The lowest BCUT2D eigenvalue weighted by atomic mass is 9.99. The van der Waals surface area contributed by atoms with Crippen LogP contribution in [0.4, 0.5) is 0 Å². The first-order valence-electron chi connectivity index (χ1n) is 13.7. The summed E-state index contributed by atoms with van der Waals surface area (Å²) in [5.41, 5.74) is -2.10. The van der Waals surface area contributed by atoms with Crippen molar-refractivity contribution in [3.63, 3.8) is 0 Å². The van der Waals surface area contributed by atoms with E-state index in [1.165, 1.54) is 97.1 Å². The molecular formula is C33H24N2O9S2. The number of aromatic carboxylic acids is 1. The van der Waals surface area contributed by atoms with Crippen molar-refractivity contribution < 1.29 is 41.1 Å². The largest absolute Gasteiger partial charge is 0.478 e. The second kappa shape index (κ2) is 11.4. The predicted octanol–water partition coefficient (Wildman–Crippen LogP) is 4.71. The van der Waals surface area contributed by atoms with Crippen LogP contribution in [-0.2, 0) is 36.0 Å². The molecule has 1 N–H and O–H groups in total. The summed E-state index contributed by atoms with van der Waals surface area (Å²) in [4.78, 5) is 40.2. The van der Waals surface area contributed by atoms with Crippen LogP contribution in [0, 0.1) is 0 Å². The molecule has 0 saturated heterocycles. The van der Waals surface area contributed by atoms with Crippen LogP contribution in [0.3, 0.4) is 0 Å². The quantitative estimate of drug-likeness (QED) is 0.172. The third-order valence-electron chi connectivity index (χ3n) is 7.52. The Morgan fingerprint density at radius 3 is 1.57 bits per heavy atom. The summed E-state index contributed by atoms with van der Waals surface area (Å²) in [5, 5.41) is 10.4. The highest BCUT2D eigenvalue weighted by molar-refractivity contribution is 7.90. The van der Waals surface area contributed by atoms with E-state index >= 15 is 0 Å². The summed E-state index contributed by atoms with van der Waals surface area (Å²) in [6.07, 6.45) is -0.716. The van der Waals surface area contributed by atoms with Crippen molar-refractivity contribution >= 4 is 59.6 Å². The van der Waals surface area contributed by atoms with Gasteiger partial charge in [-0.25, -0.2) is 29.6 Å². The molecule has 0 spiro atoms. The molecule has 0 bridgehead atoms. The number of esters is 1. The SMILES string of the molecule is COC(=O)Cc1c(C(=O)c2c(C(=O)O)c3ccccc3n2S(=O)(=O)c2ccccc2)c2ccccc2n1S(=O)(=O)c1ccccc1. The minimum absolute atomic E-state index is 0.0130. The van der Waals surface area contributed by atoms with Crippen molar-refractivity contribution in [1.29, 1.82) is 0 Å². The fourth-order valence-electron chi connectivity index (χ4n) is 5.56. The van der Waals surface area contributed by atoms with Crippen molar-refractivity contribution in [1.82, 2.24) is 7.94 Å². The minimum Gasteiger partial charge on any atom is -0.478 e. The molecule has 2 aromatic heterocycles. The van der Waals surface area contributed by atoms with Crippen LogP contribution in [0.25, 0.3) is 21.8 Å². The fraction of sp³-hybridized carbons (Fsp3) is 0.0606. The van der Waals surface area contributed by atoms with Crippen molar-refractivity contribution in [3.05, 3.63) is 132 Å². The lowest BCUT2D eigenvalue weighted by molar-refractivity contribution is -0.139. The Bertz CT molecular complexity index is 2410. The first kappa shape index (κ1) is 30.5. The summed E-state index contributed by atoms with van der Waals surface area (Å²) in [6, 6.07) is 26.2. The number of nitrogens with zero attached hydrogens (tertiary/aromatic N) is 2. The van der Waals surface area contributed by atoms with E-state index in [1.54, 1.807) is 12.1 Å². The topological polar surface area (TPSA) is 159 Å². The average molecular weight is 657 g/mol. The van der Waals surface area contributed by atoms with Crippen LogP contribution < -0.4 is 0 Å². The summed E-state index contributed by atoms with van der Waals surface area (Å²) < 4.78 is 63.1. The van der Waals surface area contributed by atoms with Gasteiger partial charge in [-0.1, -0.05) is 72.8 Å². The third kappa shape index (κ3) is 4.76. The van der Waals surface area contributed by atoms with Gasteiger partial charge in [0.05, 0.1) is 51.2 Å². The number of carbonyl (C=O) groups excluding carboxylic acids is 2. The van der Waals surface area contributed by atoms with Crippen molar-refractivity contribution in [2.75, 3.05) is 7.11 Å². The Balaban J connectivity index is 1.77. The van der Waals surface area contributed by atoms with E-state index in [4.69, 9.17) is 4.74 Å². The predicted molar refractivity (Wildman–Crippen MR) is 168 cm³/mol. The Hall–Kier alpha value is -5.53. The van der Waals surface area contributed by atoms with Gasteiger partial charge in [-0.05, 0) is 36.4 Å². The van der Waals surface area contributed by atoms with Gasteiger partial charge in [-0.3, -0.25) is 9.59 Å². The molecule has 0 radical (unpaired) electrons. The minimum atomic E-state index is -4.60. The normalized spacial score (nSPS) is 11.9. The first-order chi connectivity index (χ1) is 22.0. The number of carboxylic acids is 1. The van der Waals surface area contributed by atoms with Gasteiger partial charge in [0.15, 0.2) is 0 Å². The van der Waals surface area contributed by atoms with Crippen molar-refractivity contribution in [2.24, 2.45) is 0 Å². The number of benzene rings is 4. The first-order valence-corrected chi connectivity index (χ1v) is 16.6. The number of carboxylic acid groups (broad SMARTS) is 1. The maximum Gasteiger partial charge on any atom is 0.338 e. The molecule has 6 aromatic rings. The number of ketones is 1. The van der Waals surface area contributed by atoms with Crippen LogP contribution in [0.15, 0.2) is 119 Å². The van der Waals surface area contributed by atoms with Gasteiger partial charge in [-0.2, -0.15) is 0 Å². The number of hydrogen-bond acceptors (Lipinski definition) is 8. The number of fused-ring (bicyclic) bond motifs is 2. The Kier molecular flexibility index (Phi) is 7.58. The monoisotopic (exact) mass is 656 g/mol. The second-order valence-electron chi connectivity index (χ2n) is 10.1. The zero-order chi connectivity index (χ0) is 32.8. The summed E-state index contributed by atoms with van der Waals surface area (Å²) in [7, 11) is -7.97. The van der Waals surface area contributed by atoms with E-state index < -0.39 is 55.4 Å². The van der Waals surface area contributed by atoms with Gasteiger partial charge >= 0.3 is 11.9 Å². The maximum absolute atomic E-state index is 14.9. The zero-order valence-electron chi connectivity index (χ0n) is 24.0. The van der Waals surface area contributed by atoms with Crippen LogP contribution in [-0.4, -0.2) is 54.7 Å². The van der Waals surface area contributed by atoms with E-state index in [9.17, 15) is 36.3 Å². The fourth-order valence-corrected chi connectivity index (χ4v) is 8.68. The van der Waals surface area contributed by atoms with Crippen LogP contribution in [0.2, 0.25) is 0 Å². The van der Waals surface area contributed by atoms with Crippen molar-refractivity contribution in [3.8, 4) is 0 Å². The van der Waals surface area contributed by atoms with Crippen LogP contribution in [0.1, 0.15) is 32.1 Å². The molecular weight excluding hydrogens is 633 g/mol. The molecule has 2 heterocycles. The number of methoxy groups -OCH3 is 1. The molecule has 232 valence electrons. The van der Waals surface area contributed by atoms with Gasteiger partial charge in [0.2, 0.25) is 5.78 Å². The highest BCUT2D eigenvalue weighted by atomic mass is 32.2. The van der Waals surface area contributed by atoms with Gasteiger partial charge in [-0.15, -0.1) is 0 Å². The van der Waals surface area contributed by atoms with Gasteiger partial charge in [0.1, 0.15) is 5.69 Å². The highest BCUT2D eigenvalue weighted by Gasteiger charge is 2.38. The molecule has 0 aliphatic heterocycles. The Morgan fingerprint density at radius 2 is 1.07 bits per heavy atom. The van der Waals surface area contributed by atoms with Crippen LogP contribution >= 0.6 is 0 Å². The van der Waals surface area contributed by atoms with E-state index in [0.717, 1.165) is 11.1 Å². The number of para-hydroxylation sites is 2. The number of hydrogen-bond donors (Lipinski definition) is 1. The molecule has 0 fully saturated rings. The Labute approximate surface area is 263 Å². The van der Waals surface area contributed by atoms with Crippen molar-refractivity contribution in [2.45, 2.75) is 16.2 Å². The zero-order valence-corrected chi connectivity index (χ0v) is 25.7. The van der Waals surface area contributed by atoms with Crippen LogP contribution in [0.5, 0.6) is 0 Å². The molecule has 4 aromatic carbocycles. The summed E-state index contributed by atoms with van der Waals surface area (Å²) in [5.74, 6) is -3.60. The molecule has 6 rings (SSSR count). The van der Waals surface area contributed by atoms with Gasteiger partial charge in [0.25, 0.3) is 20.0 Å². The molecule has 0 amide bonds. The Morgan fingerprint density at radius 1 is 0.630 bits per heavy atom. The highest BCUT2D eigenvalue weighted by Crippen LogP contribution is 2.37. The molecule has 0 aliphatic rings. The smallest absolute Gasteiger partial charge is 0.338 e. The molecule has 0 atom stereocenters. The van der Waals surface area contributed by atoms with E-state index in [-0.39, 0.29) is 42.9 Å². The number of carbonyl (C=O) groups is 3. The molecule has 11 nitrogen and oxygen atoms in total. The summed E-state index contributed by atoms with van der Waals surface area (Å²) in [6.45, 7) is 0. The molecule has 0 unspecified atom stereocenters. The second-order valence-corrected chi connectivity index (χ2v) is 13.7. The molecule has 0 saturated carbocycles. The molecule has 46 heavy (non-hydrogen) atoms. The third-order valence-corrected chi connectivity index (χ3v) is 11.0. The number of rotatable bonds is 9. The lowest BCUT2D eigenvalue weighted by Gasteiger charge is -2.14. The van der Waals surface area contributed by atoms with E-state index in [0.29, 0.717) is 3.97 Å². The lowest BCUT2D eigenvalue weighted by Crippen LogP contribution is -2.23. The van der Waals surface area contributed by atoms with E-state index in [1.807, 2.05) is 0 Å². The standard InChI is InChI=1S/C33H24N2O9S2/c1-44-28(36)20-27-29(23-16-8-10-18-25(23)34(27)45(40,41)21-12-4-2-5-13-21)32(37)31-30(33(38)39)24-17-9-11-19-26(24)35(31)46(42,43)22-14-6-3-7-15-22/h2-19H,20H2,1H3,(H,38,39). The van der Waals surface area contributed by atoms with E-state index in [2.05, 4.69) is 0 Å². The van der Waals surface area contributed by atoms with Gasteiger partial charge in [0, 0.05) is 10.8 Å². The number of ether oxygens (including phenoxy) is 1. The van der Waals surface area contributed by atoms with Gasteiger partial charge < -0.3 is 9.84 Å².